The summed E-state index contributed by atoms with van der Waals surface area (Å²) in [5, 5.41) is 11.3. The molecule has 2 atom stereocenters. The maximum atomic E-state index is 10.3. The zero-order valence-corrected chi connectivity index (χ0v) is 5.83. The van der Waals surface area contributed by atoms with E-state index in [4.69, 9.17) is 9.84 Å². The molecule has 1 saturated heterocycles. The lowest BCUT2D eigenvalue weighted by atomic mass is 10.2. The Morgan fingerprint density at radius 1 is 1.70 bits per heavy atom. The van der Waals surface area contributed by atoms with E-state index in [0.717, 1.165) is 6.42 Å². The lowest BCUT2D eigenvalue weighted by Gasteiger charge is -2.08. The third-order valence-corrected chi connectivity index (χ3v) is 1.69. The first-order valence-corrected chi connectivity index (χ1v) is 3.25. The molecule has 0 bridgehead atoms. The second-order valence-corrected chi connectivity index (χ2v) is 2.36. The van der Waals surface area contributed by atoms with Crippen molar-refractivity contribution in [1.29, 1.82) is 0 Å². The van der Waals surface area contributed by atoms with Crippen molar-refractivity contribution in [3.05, 3.63) is 0 Å². The summed E-state index contributed by atoms with van der Waals surface area (Å²) >= 11 is 0. The molecule has 4 heteroatoms. The molecule has 4 nitrogen and oxygen atoms in total. The van der Waals surface area contributed by atoms with E-state index in [9.17, 15) is 4.79 Å². The largest absolute Gasteiger partial charge is 0.480 e. The Bertz CT molecular complexity index is 137. The molecule has 2 N–H and O–H groups in total. The number of aliphatic carboxylic acids is 1. The lowest BCUT2D eigenvalue weighted by Crippen LogP contribution is -2.35. The zero-order valence-electron chi connectivity index (χ0n) is 5.83. The van der Waals surface area contributed by atoms with Crippen LogP contribution in [0.4, 0.5) is 0 Å². The number of methoxy groups -OCH3 is 1. The van der Waals surface area contributed by atoms with Crippen LogP contribution in [-0.2, 0) is 9.53 Å². The summed E-state index contributed by atoms with van der Waals surface area (Å²) in [6, 6.07) is -0.412. The maximum Gasteiger partial charge on any atom is 0.320 e. The van der Waals surface area contributed by atoms with Crippen molar-refractivity contribution in [2.45, 2.75) is 25.1 Å². The second kappa shape index (κ2) is 2.98. The summed E-state index contributed by atoms with van der Waals surface area (Å²) in [6.45, 7) is 0. The van der Waals surface area contributed by atoms with Crippen LogP contribution in [0.3, 0.4) is 0 Å². The van der Waals surface area contributed by atoms with Crippen molar-refractivity contribution >= 4 is 5.97 Å². The van der Waals surface area contributed by atoms with Crippen molar-refractivity contribution in [2.24, 2.45) is 0 Å². The molecule has 0 aromatic rings. The van der Waals surface area contributed by atoms with Gasteiger partial charge in [-0.1, -0.05) is 0 Å². The normalized spacial score (nSPS) is 32.5. The Kier molecular flexibility index (Phi) is 2.24. The van der Waals surface area contributed by atoms with E-state index in [-0.39, 0.29) is 6.23 Å². The SMILES string of the molecule is COC1CC[C@@H](C(=O)O)N1. The molecule has 1 aliphatic heterocycles. The van der Waals surface area contributed by atoms with E-state index in [1.165, 1.54) is 0 Å². The van der Waals surface area contributed by atoms with Crippen LogP contribution >= 0.6 is 0 Å². The molecule has 1 unspecified atom stereocenters. The van der Waals surface area contributed by atoms with E-state index in [1.807, 2.05) is 0 Å². The van der Waals surface area contributed by atoms with Gasteiger partial charge in [-0.25, -0.2) is 0 Å². The highest BCUT2D eigenvalue weighted by molar-refractivity contribution is 5.73. The average molecular weight is 145 g/mol. The van der Waals surface area contributed by atoms with Crippen molar-refractivity contribution in [3.63, 3.8) is 0 Å². The quantitative estimate of drug-likeness (QED) is 0.564. The summed E-state index contributed by atoms with van der Waals surface area (Å²) in [7, 11) is 1.57. The number of carboxylic acid groups (broad SMARTS) is 1. The van der Waals surface area contributed by atoms with Gasteiger partial charge in [0, 0.05) is 7.11 Å². The molecule has 0 aromatic carbocycles. The molecule has 10 heavy (non-hydrogen) atoms. The number of carboxylic acids is 1. The molecule has 1 fully saturated rings. The van der Waals surface area contributed by atoms with Gasteiger partial charge in [-0.15, -0.1) is 0 Å². The number of hydrogen-bond donors (Lipinski definition) is 2. The fraction of sp³-hybridized carbons (Fsp3) is 0.833. The molecule has 0 spiro atoms. The van der Waals surface area contributed by atoms with Gasteiger partial charge in [0.15, 0.2) is 0 Å². The van der Waals surface area contributed by atoms with Crippen molar-refractivity contribution in [1.82, 2.24) is 5.32 Å². The van der Waals surface area contributed by atoms with Gasteiger partial charge in [0.2, 0.25) is 0 Å². The average Bonchev–Trinajstić information content (AvgIpc) is 2.34. The summed E-state index contributed by atoms with van der Waals surface area (Å²) in [5.74, 6) is -0.792. The van der Waals surface area contributed by atoms with Crippen LogP contribution in [0.5, 0.6) is 0 Å². The van der Waals surface area contributed by atoms with Crippen LogP contribution < -0.4 is 5.32 Å². The molecule has 1 aliphatic rings. The summed E-state index contributed by atoms with van der Waals surface area (Å²) < 4.78 is 4.92. The Morgan fingerprint density at radius 3 is 2.70 bits per heavy atom. The van der Waals surface area contributed by atoms with Crippen molar-refractivity contribution < 1.29 is 14.6 Å². The first-order chi connectivity index (χ1) is 4.74. The third kappa shape index (κ3) is 1.46. The highest BCUT2D eigenvalue weighted by Crippen LogP contribution is 2.12. The third-order valence-electron chi connectivity index (χ3n) is 1.69. The van der Waals surface area contributed by atoms with E-state index >= 15 is 0 Å². The van der Waals surface area contributed by atoms with Gasteiger partial charge < -0.3 is 9.84 Å². The highest BCUT2D eigenvalue weighted by Gasteiger charge is 2.28. The van der Waals surface area contributed by atoms with Gasteiger partial charge in [0.25, 0.3) is 0 Å². The number of nitrogens with one attached hydrogen (secondary N) is 1. The molecule has 0 saturated carbocycles. The van der Waals surface area contributed by atoms with Gasteiger partial charge >= 0.3 is 5.97 Å². The molecule has 0 radical (unpaired) electrons. The van der Waals surface area contributed by atoms with Gasteiger partial charge in [-0.2, -0.15) is 0 Å². The highest BCUT2D eigenvalue weighted by atomic mass is 16.5. The summed E-state index contributed by atoms with van der Waals surface area (Å²) in [5.41, 5.74) is 0. The first-order valence-electron chi connectivity index (χ1n) is 3.25. The van der Waals surface area contributed by atoms with E-state index in [1.54, 1.807) is 7.11 Å². The monoisotopic (exact) mass is 145 g/mol. The van der Waals surface area contributed by atoms with E-state index in [0.29, 0.717) is 6.42 Å². The fourth-order valence-electron chi connectivity index (χ4n) is 1.09. The first kappa shape index (κ1) is 7.50. The van der Waals surface area contributed by atoms with Gasteiger partial charge in [-0.3, -0.25) is 10.1 Å². The number of rotatable bonds is 2. The van der Waals surface area contributed by atoms with E-state index < -0.39 is 12.0 Å². The standard InChI is InChI=1S/C6H11NO3/c1-10-5-3-2-4(7-5)6(8)9/h4-5,7H,2-3H2,1H3,(H,8,9)/t4-,5?/m0/s1. The number of ether oxygens (including phenoxy) is 1. The molecular weight excluding hydrogens is 134 g/mol. The molecular formula is C6H11NO3. The molecule has 58 valence electrons. The minimum Gasteiger partial charge on any atom is -0.480 e. The predicted octanol–water partition coefficient (Wildman–Crippen LogP) is -0.205. The zero-order chi connectivity index (χ0) is 7.56. The Balaban J connectivity index is 2.35. The van der Waals surface area contributed by atoms with Crippen molar-refractivity contribution in [3.8, 4) is 0 Å². The van der Waals surface area contributed by atoms with Gasteiger partial charge in [0.05, 0.1) is 0 Å². The minimum atomic E-state index is -0.792. The topological polar surface area (TPSA) is 58.6 Å². The Morgan fingerprint density at radius 2 is 2.40 bits per heavy atom. The maximum absolute atomic E-state index is 10.3. The molecule has 0 aliphatic carbocycles. The summed E-state index contributed by atoms with van der Waals surface area (Å²) in [4.78, 5) is 10.3. The van der Waals surface area contributed by atoms with Crippen LogP contribution in [0, 0.1) is 0 Å². The van der Waals surface area contributed by atoms with Gasteiger partial charge in [-0.05, 0) is 12.8 Å². The lowest BCUT2D eigenvalue weighted by molar-refractivity contribution is -0.139. The molecule has 1 heterocycles. The van der Waals surface area contributed by atoms with Crippen LogP contribution in [0.2, 0.25) is 0 Å². The minimum absolute atomic E-state index is 0.0684. The number of hydrogen-bond acceptors (Lipinski definition) is 3. The van der Waals surface area contributed by atoms with Crippen LogP contribution in [0.25, 0.3) is 0 Å². The van der Waals surface area contributed by atoms with Crippen LogP contribution in [0.1, 0.15) is 12.8 Å². The smallest absolute Gasteiger partial charge is 0.320 e. The fourth-order valence-corrected chi connectivity index (χ4v) is 1.09. The van der Waals surface area contributed by atoms with Crippen molar-refractivity contribution in [2.75, 3.05) is 7.11 Å². The van der Waals surface area contributed by atoms with E-state index in [2.05, 4.69) is 5.32 Å². The molecule has 0 aromatic heterocycles. The second-order valence-electron chi connectivity index (χ2n) is 2.36. The summed E-state index contributed by atoms with van der Waals surface area (Å²) in [6.07, 6.45) is 1.38. The molecule has 1 rings (SSSR count). The molecule has 0 amide bonds. The van der Waals surface area contributed by atoms with Gasteiger partial charge in [0.1, 0.15) is 12.3 Å². The van der Waals surface area contributed by atoms with Crippen LogP contribution in [0.15, 0.2) is 0 Å². The predicted molar refractivity (Wildman–Crippen MR) is 34.6 cm³/mol. The Labute approximate surface area is 59.2 Å². The Hall–Kier alpha value is -0.610. The van der Waals surface area contributed by atoms with Crippen LogP contribution in [-0.4, -0.2) is 30.5 Å². The number of carbonyl (C=O) groups is 1.